The monoisotopic (exact) mass is 247 g/mol. The SMILES string of the molecule is Cc1ccc(-n2cnc([N+](=O)[O-])c2)c(C(=O)O)c1. The number of imidazole rings is 1. The van der Waals surface area contributed by atoms with Crippen molar-refractivity contribution in [3.8, 4) is 5.69 Å². The molecule has 92 valence electrons. The average Bonchev–Trinajstić information content (AvgIpc) is 2.78. The Morgan fingerprint density at radius 2 is 2.22 bits per heavy atom. The van der Waals surface area contributed by atoms with Crippen LogP contribution in [0.15, 0.2) is 30.7 Å². The Bertz CT molecular complexity index is 633. The van der Waals surface area contributed by atoms with Gasteiger partial charge < -0.3 is 15.2 Å². The zero-order valence-electron chi connectivity index (χ0n) is 9.40. The van der Waals surface area contributed by atoms with Crippen molar-refractivity contribution >= 4 is 11.8 Å². The standard InChI is InChI=1S/C11H9N3O4/c1-7-2-3-9(8(4-7)11(15)16)13-5-10(12-6-13)14(17)18/h2-6H,1H3,(H,15,16). The molecule has 2 rings (SSSR count). The Hall–Kier alpha value is -2.70. The molecular formula is C11H9N3O4. The highest BCUT2D eigenvalue weighted by Gasteiger charge is 2.16. The highest BCUT2D eigenvalue weighted by atomic mass is 16.6. The van der Waals surface area contributed by atoms with E-state index in [4.69, 9.17) is 5.11 Å². The van der Waals surface area contributed by atoms with E-state index in [0.29, 0.717) is 5.69 Å². The van der Waals surface area contributed by atoms with Gasteiger partial charge in [0.25, 0.3) is 0 Å². The minimum atomic E-state index is -1.09. The number of hydrogen-bond acceptors (Lipinski definition) is 4. The summed E-state index contributed by atoms with van der Waals surface area (Å²) in [4.78, 5) is 24.6. The van der Waals surface area contributed by atoms with Crippen molar-refractivity contribution in [3.63, 3.8) is 0 Å². The van der Waals surface area contributed by atoms with Crippen LogP contribution in [0.4, 0.5) is 5.82 Å². The Kier molecular flexibility index (Phi) is 2.80. The zero-order chi connectivity index (χ0) is 13.3. The Morgan fingerprint density at radius 3 is 2.78 bits per heavy atom. The summed E-state index contributed by atoms with van der Waals surface area (Å²) in [7, 11) is 0. The third-order valence-electron chi connectivity index (χ3n) is 2.42. The second-order valence-electron chi connectivity index (χ2n) is 3.72. The van der Waals surface area contributed by atoms with Crippen molar-refractivity contribution in [1.29, 1.82) is 0 Å². The molecule has 0 saturated carbocycles. The maximum Gasteiger partial charge on any atom is 0.381 e. The minimum Gasteiger partial charge on any atom is -0.478 e. The number of aryl methyl sites for hydroxylation is 1. The van der Waals surface area contributed by atoms with Crippen LogP contribution in [-0.4, -0.2) is 25.6 Å². The van der Waals surface area contributed by atoms with Gasteiger partial charge in [-0.25, -0.2) is 4.79 Å². The van der Waals surface area contributed by atoms with Crippen LogP contribution in [0.25, 0.3) is 5.69 Å². The van der Waals surface area contributed by atoms with Gasteiger partial charge in [-0.3, -0.25) is 4.57 Å². The van der Waals surface area contributed by atoms with E-state index in [2.05, 4.69) is 4.98 Å². The molecule has 1 heterocycles. The lowest BCUT2D eigenvalue weighted by molar-refractivity contribution is -0.389. The number of aromatic carboxylic acids is 1. The molecule has 1 N–H and O–H groups in total. The first kappa shape index (κ1) is 11.8. The summed E-state index contributed by atoms with van der Waals surface area (Å²) < 4.78 is 1.32. The molecule has 0 aliphatic rings. The zero-order valence-corrected chi connectivity index (χ0v) is 9.40. The van der Waals surface area contributed by atoms with Crippen LogP contribution in [-0.2, 0) is 0 Å². The number of rotatable bonds is 3. The fourth-order valence-corrected chi connectivity index (χ4v) is 1.58. The number of benzene rings is 1. The summed E-state index contributed by atoms with van der Waals surface area (Å²) >= 11 is 0. The first-order valence-electron chi connectivity index (χ1n) is 5.02. The smallest absolute Gasteiger partial charge is 0.381 e. The normalized spacial score (nSPS) is 10.3. The molecule has 0 radical (unpaired) electrons. The third-order valence-corrected chi connectivity index (χ3v) is 2.42. The predicted octanol–water partition coefficient (Wildman–Crippen LogP) is 1.79. The number of nitro groups is 1. The molecule has 7 nitrogen and oxygen atoms in total. The maximum atomic E-state index is 11.1. The molecule has 0 atom stereocenters. The minimum absolute atomic E-state index is 0.0716. The summed E-state index contributed by atoms with van der Waals surface area (Å²) in [5, 5.41) is 19.6. The Morgan fingerprint density at radius 1 is 1.50 bits per heavy atom. The van der Waals surface area contributed by atoms with E-state index in [0.717, 1.165) is 5.56 Å². The maximum absolute atomic E-state index is 11.1. The summed E-state index contributed by atoms with van der Waals surface area (Å²) in [6, 6.07) is 4.82. The Labute approximate surface area is 101 Å². The van der Waals surface area contributed by atoms with Crippen molar-refractivity contribution in [1.82, 2.24) is 9.55 Å². The van der Waals surface area contributed by atoms with Gasteiger partial charge in [-0.15, -0.1) is 0 Å². The van der Waals surface area contributed by atoms with Crippen LogP contribution >= 0.6 is 0 Å². The van der Waals surface area contributed by atoms with E-state index in [1.807, 2.05) is 0 Å². The second kappa shape index (κ2) is 4.28. The summed E-state index contributed by atoms with van der Waals surface area (Å²) in [5.74, 6) is -1.42. The summed E-state index contributed by atoms with van der Waals surface area (Å²) in [5.41, 5.74) is 1.21. The second-order valence-corrected chi connectivity index (χ2v) is 3.72. The number of hydrogen-bond donors (Lipinski definition) is 1. The van der Waals surface area contributed by atoms with E-state index >= 15 is 0 Å². The van der Waals surface area contributed by atoms with Gasteiger partial charge in [-0.1, -0.05) is 11.6 Å². The molecule has 0 unspecified atom stereocenters. The van der Waals surface area contributed by atoms with Crippen LogP contribution in [0, 0.1) is 17.0 Å². The molecule has 2 aromatic rings. The molecule has 0 saturated heterocycles. The summed E-state index contributed by atoms with van der Waals surface area (Å²) in [6.45, 7) is 1.77. The highest BCUT2D eigenvalue weighted by Crippen LogP contribution is 2.19. The average molecular weight is 247 g/mol. The van der Waals surface area contributed by atoms with Crippen molar-refractivity contribution in [2.75, 3.05) is 0 Å². The van der Waals surface area contributed by atoms with Gasteiger partial charge >= 0.3 is 11.8 Å². The van der Waals surface area contributed by atoms with Gasteiger partial charge in [0, 0.05) is 0 Å². The molecule has 0 bridgehead atoms. The summed E-state index contributed by atoms with van der Waals surface area (Å²) in [6.07, 6.45) is 2.40. The fraction of sp³-hybridized carbons (Fsp3) is 0.0909. The molecule has 1 aromatic heterocycles. The van der Waals surface area contributed by atoms with Crippen LogP contribution in [0.5, 0.6) is 0 Å². The van der Waals surface area contributed by atoms with Crippen LogP contribution < -0.4 is 0 Å². The van der Waals surface area contributed by atoms with E-state index in [1.54, 1.807) is 19.1 Å². The lowest BCUT2D eigenvalue weighted by Crippen LogP contribution is -2.04. The molecule has 1 aromatic carbocycles. The Balaban J connectivity index is 2.55. The number of carboxylic acid groups (broad SMARTS) is 1. The first-order valence-corrected chi connectivity index (χ1v) is 5.02. The van der Waals surface area contributed by atoms with Gasteiger partial charge in [0.1, 0.15) is 6.20 Å². The van der Waals surface area contributed by atoms with E-state index in [1.165, 1.54) is 23.2 Å². The van der Waals surface area contributed by atoms with Gasteiger partial charge in [0.15, 0.2) is 0 Å². The molecule has 7 heteroatoms. The van der Waals surface area contributed by atoms with Crippen molar-refractivity contribution in [2.24, 2.45) is 0 Å². The van der Waals surface area contributed by atoms with Gasteiger partial charge in [0.2, 0.25) is 6.33 Å². The van der Waals surface area contributed by atoms with Crippen molar-refractivity contribution < 1.29 is 14.8 Å². The first-order chi connectivity index (χ1) is 8.49. The van der Waals surface area contributed by atoms with Crippen LogP contribution in [0.1, 0.15) is 15.9 Å². The number of carboxylic acids is 1. The van der Waals surface area contributed by atoms with Crippen molar-refractivity contribution in [3.05, 3.63) is 52.0 Å². The molecule has 0 fully saturated rings. The molecule has 18 heavy (non-hydrogen) atoms. The molecule has 0 spiro atoms. The number of carbonyl (C=O) groups is 1. The fourth-order valence-electron chi connectivity index (χ4n) is 1.58. The quantitative estimate of drug-likeness (QED) is 0.658. The van der Waals surface area contributed by atoms with Gasteiger partial charge in [-0.2, -0.15) is 0 Å². The van der Waals surface area contributed by atoms with Crippen LogP contribution in [0.2, 0.25) is 0 Å². The molecule has 0 aliphatic carbocycles. The number of aromatic nitrogens is 2. The van der Waals surface area contributed by atoms with Gasteiger partial charge in [0.05, 0.1) is 11.3 Å². The van der Waals surface area contributed by atoms with E-state index < -0.39 is 10.9 Å². The lowest BCUT2D eigenvalue weighted by Gasteiger charge is -2.06. The molecular weight excluding hydrogens is 238 g/mol. The topological polar surface area (TPSA) is 98.3 Å². The third kappa shape index (κ3) is 2.05. The predicted molar refractivity (Wildman–Crippen MR) is 61.9 cm³/mol. The highest BCUT2D eigenvalue weighted by molar-refractivity contribution is 5.92. The van der Waals surface area contributed by atoms with E-state index in [-0.39, 0.29) is 11.4 Å². The molecule has 0 amide bonds. The van der Waals surface area contributed by atoms with Crippen molar-refractivity contribution in [2.45, 2.75) is 6.92 Å². The molecule has 0 aliphatic heterocycles. The van der Waals surface area contributed by atoms with Crippen LogP contribution in [0.3, 0.4) is 0 Å². The van der Waals surface area contributed by atoms with E-state index in [9.17, 15) is 14.9 Å². The number of nitrogens with zero attached hydrogens (tertiary/aromatic N) is 3. The largest absolute Gasteiger partial charge is 0.478 e. The van der Waals surface area contributed by atoms with Gasteiger partial charge in [-0.05, 0) is 29.0 Å². The lowest BCUT2D eigenvalue weighted by atomic mass is 10.1.